The van der Waals surface area contributed by atoms with Gasteiger partial charge in [0.1, 0.15) is 4.61 Å². The van der Waals surface area contributed by atoms with Crippen molar-refractivity contribution in [2.75, 3.05) is 4.61 Å². The molecular formula is C9H9IO. The molecule has 0 amide bonds. The molecular weight excluding hydrogens is 251 g/mol. The van der Waals surface area contributed by atoms with Gasteiger partial charge in [0.15, 0.2) is 0 Å². The molecule has 0 aromatic heterocycles. The van der Waals surface area contributed by atoms with Crippen molar-refractivity contribution >= 4 is 28.7 Å². The van der Waals surface area contributed by atoms with Gasteiger partial charge in [-0.2, -0.15) is 0 Å². The van der Waals surface area contributed by atoms with Gasteiger partial charge in [-0.3, -0.25) is 0 Å². The Kier molecular flexibility index (Phi) is 4.04. The van der Waals surface area contributed by atoms with Crippen LogP contribution in [0.2, 0.25) is 0 Å². The third-order valence-electron chi connectivity index (χ3n) is 1.22. The van der Waals surface area contributed by atoms with Crippen molar-refractivity contribution < 1.29 is 4.74 Å². The normalized spacial score (nSPS) is 10.3. The van der Waals surface area contributed by atoms with E-state index >= 15 is 0 Å². The maximum absolute atomic E-state index is 5.04. The fourth-order valence-electron chi connectivity index (χ4n) is 0.727. The summed E-state index contributed by atoms with van der Waals surface area (Å²) in [6, 6.07) is 10.1. The Morgan fingerprint density at radius 1 is 1.27 bits per heavy atom. The minimum Gasteiger partial charge on any atom is -0.491 e. The number of ether oxygens (including phenoxy) is 1. The number of alkyl halides is 1. The average molecular weight is 260 g/mol. The zero-order valence-electron chi connectivity index (χ0n) is 6.03. The van der Waals surface area contributed by atoms with Gasteiger partial charge in [0, 0.05) is 0 Å². The Balaban J connectivity index is 2.50. The van der Waals surface area contributed by atoms with Gasteiger partial charge in [-0.15, -0.1) is 0 Å². The second kappa shape index (κ2) is 5.18. The van der Waals surface area contributed by atoms with E-state index in [9.17, 15) is 0 Å². The van der Waals surface area contributed by atoms with Crippen LogP contribution >= 0.6 is 22.6 Å². The van der Waals surface area contributed by atoms with Crippen molar-refractivity contribution in [3.63, 3.8) is 0 Å². The third-order valence-corrected chi connectivity index (χ3v) is 1.58. The lowest BCUT2D eigenvalue weighted by molar-refractivity contribution is 0.331. The second-order valence-electron chi connectivity index (χ2n) is 1.99. The molecule has 0 fully saturated rings. The van der Waals surface area contributed by atoms with E-state index in [-0.39, 0.29) is 0 Å². The molecule has 0 spiro atoms. The molecule has 58 valence electrons. The van der Waals surface area contributed by atoms with E-state index in [0.717, 1.165) is 5.56 Å². The van der Waals surface area contributed by atoms with Crippen molar-refractivity contribution in [3.05, 3.63) is 42.2 Å². The molecule has 1 rings (SSSR count). The largest absolute Gasteiger partial charge is 0.491 e. The van der Waals surface area contributed by atoms with E-state index in [1.54, 1.807) is 6.26 Å². The lowest BCUT2D eigenvalue weighted by Crippen LogP contribution is -1.73. The molecule has 0 saturated heterocycles. The van der Waals surface area contributed by atoms with E-state index in [0.29, 0.717) is 4.61 Å². The van der Waals surface area contributed by atoms with E-state index in [2.05, 4.69) is 22.6 Å². The highest BCUT2D eigenvalue weighted by Gasteiger charge is 1.80. The number of hydrogen-bond donors (Lipinski definition) is 0. The standard InChI is InChI=1S/C9H9IO/c10-8-11-7-6-9-4-2-1-3-5-9/h1-7H,8H2. The summed E-state index contributed by atoms with van der Waals surface area (Å²) in [7, 11) is 0. The van der Waals surface area contributed by atoms with Crippen LogP contribution in [0.1, 0.15) is 5.56 Å². The SMILES string of the molecule is ICOC=Cc1ccccc1. The molecule has 0 aliphatic carbocycles. The van der Waals surface area contributed by atoms with E-state index in [1.807, 2.05) is 36.4 Å². The molecule has 1 nitrogen and oxygen atoms in total. The Bertz CT molecular complexity index is 218. The lowest BCUT2D eigenvalue weighted by Gasteiger charge is -1.92. The molecule has 0 unspecified atom stereocenters. The average Bonchev–Trinajstić information content (AvgIpc) is 2.07. The third kappa shape index (κ3) is 3.41. The van der Waals surface area contributed by atoms with Crippen LogP contribution in [0.4, 0.5) is 0 Å². The summed E-state index contributed by atoms with van der Waals surface area (Å²) in [5.74, 6) is 0. The first-order valence-corrected chi connectivity index (χ1v) is 4.85. The van der Waals surface area contributed by atoms with Crippen LogP contribution in [0.25, 0.3) is 6.08 Å². The lowest BCUT2D eigenvalue weighted by atomic mass is 10.2. The molecule has 0 saturated carbocycles. The Labute approximate surface area is 80.2 Å². The zero-order chi connectivity index (χ0) is 7.94. The molecule has 11 heavy (non-hydrogen) atoms. The minimum atomic E-state index is 0.696. The van der Waals surface area contributed by atoms with Crippen LogP contribution in [0.5, 0.6) is 0 Å². The molecule has 0 aliphatic rings. The van der Waals surface area contributed by atoms with Gasteiger partial charge >= 0.3 is 0 Å². The molecule has 0 bridgehead atoms. The first-order chi connectivity index (χ1) is 5.43. The summed E-state index contributed by atoms with van der Waals surface area (Å²) >= 11 is 2.16. The van der Waals surface area contributed by atoms with E-state index in [4.69, 9.17) is 4.74 Å². The molecule has 0 radical (unpaired) electrons. The highest BCUT2D eigenvalue weighted by Crippen LogP contribution is 2.00. The topological polar surface area (TPSA) is 9.23 Å². The molecule has 1 aromatic rings. The number of hydrogen-bond acceptors (Lipinski definition) is 1. The fourth-order valence-corrected chi connectivity index (χ4v) is 0.935. The molecule has 2 heteroatoms. The van der Waals surface area contributed by atoms with Gasteiger partial charge in [-0.25, -0.2) is 0 Å². The van der Waals surface area contributed by atoms with Gasteiger partial charge in [0.05, 0.1) is 6.26 Å². The molecule has 1 aromatic carbocycles. The summed E-state index contributed by atoms with van der Waals surface area (Å²) in [5.41, 5.74) is 1.16. The van der Waals surface area contributed by atoms with Gasteiger partial charge in [0.25, 0.3) is 0 Å². The van der Waals surface area contributed by atoms with Crippen LogP contribution in [-0.2, 0) is 4.74 Å². The van der Waals surface area contributed by atoms with Crippen LogP contribution in [-0.4, -0.2) is 4.61 Å². The smallest absolute Gasteiger partial charge is 0.138 e. The van der Waals surface area contributed by atoms with Crippen molar-refractivity contribution in [2.45, 2.75) is 0 Å². The highest BCUT2D eigenvalue weighted by atomic mass is 127. The Hall–Kier alpha value is -0.510. The predicted molar refractivity (Wildman–Crippen MR) is 55.4 cm³/mol. The Morgan fingerprint density at radius 3 is 2.64 bits per heavy atom. The monoisotopic (exact) mass is 260 g/mol. The van der Waals surface area contributed by atoms with Crippen LogP contribution in [0.3, 0.4) is 0 Å². The van der Waals surface area contributed by atoms with Crippen LogP contribution < -0.4 is 0 Å². The van der Waals surface area contributed by atoms with Gasteiger partial charge < -0.3 is 4.74 Å². The molecule has 0 aliphatic heterocycles. The van der Waals surface area contributed by atoms with Crippen molar-refractivity contribution in [1.82, 2.24) is 0 Å². The van der Waals surface area contributed by atoms with Crippen molar-refractivity contribution in [3.8, 4) is 0 Å². The number of halogens is 1. The quantitative estimate of drug-likeness (QED) is 0.461. The summed E-state index contributed by atoms with van der Waals surface area (Å²) in [6.07, 6.45) is 3.65. The van der Waals surface area contributed by atoms with Gasteiger partial charge in [0.2, 0.25) is 0 Å². The summed E-state index contributed by atoms with van der Waals surface area (Å²) < 4.78 is 5.74. The number of rotatable bonds is 3. The van der Waals surface area contributed by atoms with Crippen LogP contribution in [0.15, 0.2) is 36.6 Å². The molecule has 0 atom stereocenters. The highest BCUT2D eigenvalue weighted by molar-refractivity contribution is 14.1. The van der Waals surface area contributed by atoms with Gasteiger partial charge in [-0.1, -0.05) is 30.3 Å². The maximum atomic E-state index is 5.04. The second-order valence-corrected chi connectivity index (χ2v) is 2.61. The Morgan fingerprint density at radius 2 is 2.00 bits per heavy atom. The fraction of sp³-hybridized carbons (Fsp3) is 0.111. The first-order valence-electron chi connectivity index (χ1n) is 3.32. The number of benzene rings is 1. The molecule has 0 N–H and O–H groups in total. The summed E-state index contributed by atoms with van der Waals surface area (Å²) in [6.45, 7) is 0. The molecule has 0 heterocycles. The minimum absolute atomic E-state index is 0.696. The summed E-state index contributed by atoms with van der Waals surface area (Å²) in [4.78, 5) is 0. The van der Waals surface area contributed by atoms with Crippen molar-refractivity contribution in [2.24, 2.45) is 0 Å². The predicted octanol–water partition coefficient (Wildman–Crippen LogP) is 3.07. The van der Waals surface area contributed by atoms with E-state index in [1.165, 1.54) is 0 Å². The maximum Gasteiger partial charge on any atom is 0.138 e. The van der Waals surface area contributed by atoms with Crippen LogP contribution in [0, 0.1) is 0 Å². The van der Waals surface area contributed by atoms with E-state index < -0.39 is 0 Å². The zero-order valence-corrected chi connectivity index (χ0v) is 8.19. The van der Waals surface area contributed by atoms with Gasteiger partial charge in [-0.05, 0) is 34.2 Å². The summed E-state index contributed by atoms with van der Waals surface area (Å²) in [5, 5.41) is 0. The first kappa shape index (κ1) is 8.59. The van der Waals surface area contributed by atoms with Crippen molar-refractivity contribution in [1.29, 1.82) is 0 Å².